The number of nitrogens with one attached hydrogen (secondary N) is 1. The Morgan fingerprint density at radius 1 is 1.61 bits per heavy atom. The number of amides is 2. The molecule has 1 heterocycles. The van der Waals surface area contributed by atoms with Crippen LogP contribution in [0, 0.1) is 12.3 Å². The van der Waals surface area contributed by atoms with Crippen molar-refractivity contribution in [1.29, 1.82) is 0 Å². The Hall–Kier alpha value is -1.35. The van der Waals surface area contributed by atoms with E-state index in [4.69, 9.17) is 11.5 Å². The number of carboxylic acid groups (broad SMARTS) is 1. The monoisotopic (exact) mass is 270 g/mol. The first-order valence-corrected chi connectivity index (χ1v) is 6.80. The van der Waals surface area contributed by atoms with Gasteiger partial charge in [0.05, 0.1) is 10.9 Å². The van der Waals surface area contributed by atoms with Gasteiger partial charge >= 0.3 is 12.0 Å². The molecular formula is C12H18N2O3S. The molecule has 1 saturated heterocycles. The molecule has 2 amide bonds. The highest BCUT2D eigenvalue weighted by atomic mass is 32.2. The molecule has 2 N–H and O–H groups in total. The van der Waals surface area contributed by atoms with E-state index in [1.54, 1.807) is 13.8 Å². The second kappa shape index (κ2) is 5.53. The molecule has 1 aliphatic heterocycles. The van der Waals surface area contributed by atoms with E-state index in [1.165, 1.54) is 16.7 Å². The van der Waals surface area contributed by atoms with E-state index in [2.05, 4.69) is 11.2 Å². The molecule has 0 aromatic heterocycles. The molecule has 1 aliphatic rings. The fraction of sp³-hybridized carbons (Fsp3) is 0.667. The number of urea groups is 1. The second-order valence-corrected chi connectivity index (χ2v) is 5.87. The Kier molecular flexibility index (Phi) is 4.52. The predicted octanol–water partition coefficient (Wildman–Crippen LogP) is 1.35. The van der Waals surface area contributed by atoms with Gasteiger partial charge in [0.2, 0.25) is 0 Å². The maximum atomic E-state index is 12.1. The van der Waals surface area contributed by atoms with Crippen LogP contribution in [0.25, 0.3) is 0 Å². The zero-order valence-corrected chi connectivity index (χ0v) is 11.6. The van der Waals surface area contributed by atoms with E-state index in [9.17, 15) is 9.59 Å². The molecule has 0 aliphatic carbocycles. The molecule has 2 unspecified atom stereocenters. The van der Waals surface area contributed by atoms with Gasteiger partial charge in [-0.3, -0.25) is 4.90 Å². The molecule has 6 heteroatoms. The lowest BCUT2D eigenvalue weighted by molar-refractivity contribution is -0.141. The number of carbonyl (C=O) groups is 2. The molecule has 100 valence electrons. The average molecular weight is 270 g/mol. The normalized spacial score (nSPS) is 23.6. The minimum absolute atomic E-state index is 0.111. The third kappa shape index (κ3) is 3.10. The lowest BCUT2D eigenvalue weighted by Crippen LogP contribution is -2.54. The molecule has 0 spiro atoms. The maximum Gasteiger partial charge on any atom is 0.327 e. The SMILES string of the molecule is C#CC(C)(C)NC(=O)N1C(CC)SCC1C(=O)O. The Morgan fingerprint density at radius 3 is 2.67 bits per heavy atom. The predicted molar refractivity (Wildman–Crippen MR) is 71.2 cm³/mol. The molecule has 0 aromatic carbocycles. The number of carboxylic acids is 1. The van der Waals surface area contributed by atoms with Gasteiger partial charge in [0.15, 0.2) is 0 Å². The van der Waals surface area contributed by atoms with Crippen LogP contribution >= 0.6 is 11.8 Å². The molecule has 0 saturated carbocycles. The minimum atomic E-state index is -0.980. The maximum absolute atomic E-state index is 12.1. The molecule has 1 rings (SSSR count). The molecular weight excluding hydrogens is 252 g/mol. The van der Waals surface area contributed by atoms with Crippen molar-refractivity contribution in [2.75, 3.05) is 5.75 Å². The van der Waals surface area contributed by atoms with Crippen LogP contribution < -0.4 is 5.32 Å². The average Bonchev–Trinajstić information content (AvgIpc) is 2.72. The van der Waals surface area contributed by atoms with E-state index in [-0.39, 0.29) is 5.37 Å². The van der Waals surface area contributed by atoms with Crippen molar-refractivity contribution < 1.29 is 14.7 Å². The fourth-order valence-corrected chi connectivity index (χ4v) is 3.06. The van der Waals surface area contributed by atoms with Crippen LogP contribution in [0.2, 0.25) is 0 Å². The lowest BCUT2D eigenvalue weighted by Gasteiger charge is -2.30. The number of carbonyl (C=O) groups excluding carboxylic acids is 1. The third-order valence-electron chi connectivity index (χ3n) is 2.74. The molecule has 1 fully saturated rings. The number of thioether (sulfide) groups is 1. The number of hydrogen-bond donors (Lipinski definition) is 2. The Labute approximate surface area is 111 Å². The first-order valence-electron chi connectivity index (χ1n) is 5.75. The van der Waals surface area contributed by atoms with Gasteiger partial charge in [-0.05, 0) is 20.3 Å². The van der Waals surface area contributed by atoms with Crippen LogP contribution in [0.1, 0.15) is 27.2 Å². The van der Waals surface area contributed by atoms with Crippen LogP contribution in [-0.2, 0) is 4.79 Å². The summed E-state index contributed by atoms with van der Waals surface area (Å²) in [6.45, 7) is 5.32. The van der Waals surface area contributed by atoms with Crippen molar-refractivity contribution in [2.24, 2.45) is 0 Å². The van der Waals surface area contributed by atoms with Crippen molar-refractivity contribution in [2.45, 2.75) is 44.1 Å². The number of rotatable bonds is 3. The quantitative estimate of drug-likeness (QED) is 0.759. The second-order valence-electron chi connectivity index (χ2n) is 4.66. The summed E-state index contributed by atoms with van der Waals surface area (Å²) in [6, 6.07) is -1.20. The summed E-state index contributed by atoms with van der Waals surface area (Å²) in [5.74, 6) is 1.89. The summed E-state index contributed by atoms with van der Waals surface area (Å²) in [7, 11) is 0. The molecule has 5 nitrogen and oxygen atoms in total. The number of terminal acetylenes is 1. The number of hydrogen-bond acceptors (Lipinski definition) is 3. The molecule has 0 aromatic rings. The summed E-state index contributed by atoms with van der Waals surface area (Å²) >= 11 is 1.48. The summed E-state index contributed by atoms with van der Waals surface area (Å²) in [6.07, 6.45) is 6.02. The first-order chi connectivity index (χ1) is 8.32. The largest absolute Gasteiger partial charge is 0.480 e. The van der Waals surface area contributed by atoms with Gasteiger partial charge in [-0.1, -0.05) is 12.8 Å². The first kappa shape index (κ1) is 14.7. The summed E-state index contributed by atoms with van der Waals surface area (Å²) in [5, 5.41) is 11.7. The summed E-state index contributed by atoms with van der Waals surface area (Å²) in [4.78, 5) is 24.7. The van der Waals surface area contributed by atoms with Gasteiger partial charge < -0.3 is 10.4 Å². The van der Waals surface area contributed by atoms with E-state index in [0.717, 1.165) is 0 Å². The van der Waals surface area contributed by atoms with Crippen LogP contribution in [-0.4, -0.2) is 44.7 Å². The highest BCUT2D eigenvalue weighted by Crippen LogP contribution is 2.31. The fourth-order valence-electron chi connectivity index (χ4n) is 1.71. The van der Waals surface area contributed by atoms with Crippen LogP contribution in [0.5, 0.6) is 0 Å². The van der Waals surface area contributed by atoms with Gasteiger partial charge in [0.1, 0.15) is 6.04 Å². The summed E-state index contributed by atoms with van der Waals surface area (Å²) < 4.78 is 0. The van der Waals surface area contributed by atoms with Crippen LogP contribution in [0.4, 0.5) is 4.79 Å². The summed E-state index contributed by atoms with van der Waals surface area (Å²) in [5.41, 5.74) is -0.786. The third-order valence-corrected chi connectivity index (χ3v) is 4.20. The van der Waals surface area contributed by atoms with Crippen LogP contribution in [0.3, 0.4) is 0 Å². The van der Waals surface area contributed by atoms with E-state index < -0.39 is 23.6 Å². The molecule has 18 heavy (non-hydrogen) atoms. The Bertz CT molecular complexity index is 389. The standard InChI is InChI=1S/C12H18N2O3S/c1-5-9-14(8(7-18-9)10(15)16)11(17)13-12(3,4)6-2/h2,8-9H,5,7H2,1,3-4H3,(H,13,17)(H,15,16). The highest BCUT2D eigenvalue weighted by molar-refractivity contribution is 8.00. The number of nitrogens with zero attached hydrogens (tertiary/aromatic N) is 1. The van der Waals surface area contributed by atoms with Gasteiger partial charge in [-0.2, -0.15) is 0 Å². The van der Waals surface area contributed by atoms with Crippen molar-refractivity contribution in [3.05, 3.63) is 0 Å². The zero-order chi connectivity index (χ0) is 13.9. The zero-order valence-electron chi connectivity index (χ0n) is 10.8. The van der Waals surface area contributed by atoms with Crippen LogP contribution in [0.15, 0.2) is 0 Å². The smallest absolute Gasteiger partial charge is 0.327 e. The van der Waals surface area contributed by atoms with E-state index >= 15 is 0 Å². The van der Waals surface area contributed by atoms with Crippen molar-refractivity contribution in [3.8, 4) is 12.3 Å². The highest BCUT2D eigenvalue weighted by Gasteiger charge is 2.41. The van der Waals surface area contributed by atoms with Gasteiger partial charge in [-0.15, -0.1) is 18.2 Å². The van der Waals surface area contributed by atoms with Gasteiger partial charge in [-0.25, -0.2) is 9.59 Å². The van der Waals surface area contributed by atoms with E-state index in [0.29, 0.717) is 12.2 Å². The lowest BCUT2D eigenvalue weighted by atomic mass is 10.1. The Morgan fingerprint density at radius 2 is 2.22 bits per heavy atom. The molecule has 2 atom stereocenters. The molecule has 0 radical (unpaired) electrons. The molecule has 0 bridgehead atoms. The van der Waals surface area contributed by atoms with Gasteiger partial charge in [0, 0.05) is 5.75 Å². The Balaban J connectivity index is 2.86. The van der Waals surface area contributed by atoms with E-state index in [1.807, 2.05) is 6.92 Å². The topological polar surface area (TPSA) is 69.6 Å². The number of aliphatic carboxylic acids is 1. The van der Waals surface area contributed by atoms with Crippen molar-refractivity contribution in [3.63, 3.8) is 0 Å². The minimum Gasteiger partial charge on any atom is -0.480 e. The van der Waals surface area contributed by atoms with Crippen molar-refractivity contribution in [1.82, 2.24) is 10.2 Å². The van der Waals surface area contributed by atoms with Crippen molar-refractivity contribution >= 4 is 23.8 Å². The van der Waals surface area contributed by atoms with Gasteiger partial charge in [0.25, 0.3) is 0 Å².